The van der Waals surface area contributed by atoms with Crippen molar-refractivity contribution in [1.82, 2.24) is 10.6 Å². The first-order valence-electron chi connectivity index (χ1n) is 10.3. The lowest BCUT2D eigenvalue weighted by Crippen LogP contribution is -2.34. The van der Waals surface area contributed by atoms with E-state index in [0.717, 1.165) is 35.5 Å². The second-order valence-corrected chi connectivity index (χ2v) is 7.88. The molecule has 1 amide bonds. The third-order valence-electron chi connectivity index (χ3n) is 5.90. The van der Waals surface area contributed by atoms with Crippen molar-refractivity contribution < 1.29 is 9.53 Å². The topological polar surface area (TPSA) is 50.4 Å². The number of ether oxygens (including phenoxy) is 1. The Hall–Kier alpha value is -2.33. The van der Waals surface area contributed by atoms with Gasteiger partial charge in [0.1, 0.15) is 5.75 Å². The first-order chi connectivity index (χ1) is 13.6. The van der Waals surface area contributed by atoms with Crippen molar-refractivity contribution in [2.24, 2.45) is 11.8 Å². The number of nitrogens with one attached hydrogen (secondary N) is 2. The highest BCUT2D eigenvalue weighted by Crippen LogP contribution is 2.30. The minimum atomic E-state index is -0.000517. The van der Waals surface area contributed by atoms with Gasteiger partial charge >= 0.3 is 0 Å². The summed E-state index contributed by atoms with van der Waals surface area (Å²) in [6.45, 7) is 6.41. The van der Waals surface area contributed by atoms with Gasteiger partial charge in [-0.1, -0.05) is 49.4 Å². The molecule has 3 rings (SSSR count). The quantitative estimate of drug-likeness (QED) is 0.740. The highest BCUT2D eigenvalue weighted by atomic mass is 16.5. The molecule has 2 aromatic carbocycles. The highest BCUT2D eigenvalue weighted by molar-refractivity contribution is 5.77. The zero-order valence-electron chi connectivity index (χ0n) is 17.2. The molecule has 0 aromatic heterocycles. The van der Waals surface area contributed by atoms with Gasteiger partial charge in [0.05, 0.1) is 13.2 Å². The molecular formula is C24H32N2O2. The molecule has 150 valence electrons. The lowest BCUT2D eigenvalue weighted by atomic mass is 9.84. The summed E-state index contributed by atoms with van der Waals surface area (Å²) in [6.07, 6.45) is 2.96. The summed E-state index contributed by atoms with van der Waals surface area (Å²) in [5.41, 5.74) is 3.30. The zero-order valence-corrected chi connectivity index (χ0v) is 17.2. The van der Waals surface area contributed by atoms with Gasteiger partial charge in [-0.3, -0.25) is 4.79 Å². The first kappa shape index (κ1) is 20.4. The normalized spacial score (nSPS) is 17.0. The van der Waals surface area contributed by atoms with Gasteiger partial charge in [-0.15, -0.1) is 0 Å². The number of amides is 1. The van der Waals surface area contributed by atoms with Crippen LogP contribution in [0.15, 0.2) is 48.5 Å². The third-order valence-corrected chi connectivity index (χ3v) is 5.90. The number of hydrogen-bond donors (Lipinski definition) is 2. The number of methoxy groups -OCH3 is 1. The molecule has 0 bridgehead atoms. The van der Waals surface area contributed by atoms with Crippen molar-refractivity contribution in [2.45, 2.75) is 39.2 Å². The van der Waals surface area contributed by atoms with Crippen LogP contribution in [0.4, 0.5) is 0 Å². The minimum Gasteiger partial charge on any atom is -0.496 e. The van der Waals surface area contributed by atoms with Gasteiger partial charge < -0.3 is 15.4 Å². The molecule has 1 aliphatic heterocycles. The highest BCUT2D eigenvalue weighted by Gasteiger charge is 2.22. The fourth-order valence-electron chi connectivity index (χ4n) is 4.09. The molecule has 28 heavy (non-hydrogen) atoms. The Morgan fingerprint density at radius 2 is 1.79 bits per heavy atom. The molecule has 0 aliphatic carbocycles. The van der Waals surface area contributed by atoms with Crippen molar-refractivity contribution in [3.63, 3.8) is 0 Å². The van der Waals surface area contributed by atoms with Crippen molar-refractivity contribution >= 4 is 5.91 Å². The predicted molar refractivity (Wildman–Crippen MR) is 114 cm³/mol. The first-order valence-corrected chi connectivity index (χ1v) is 10.3. The summed E-state index contributed by atoms with van der Waals surface area (Å²) in [4.78, 5) is 12.5. The molecule has 4 heteroatoms. The van der Waals surface area contributed by atoms with Gasteiger partial charge in [0, 0.05) is 12.0 Å². The Bertz CT molecular complexity index is 766. The molecule has 1 saturated heterocycles. The maximum absolute atomic E-state index is 12.5. The lowest BCUT2D eigenvalue weighted by Gasteiger charge is -2.28. The molecule has 2 atom stereocenters. The number of piperidine rings is 1. The van der Waals surface area contributed by atoms with Crippen LogP contribution in [0.3, 0.4) is 0 Å². The molecular weight excluding hydrogens is 348 g/mol. The van der Waals surface area contributed by atoms with E-state index in [1.54, 1.807) is 7.11 Å². The summed E-state index contributed by atoms with van der Waals surface area (Å²) in [7, 11) is 1.69. The Morgan fingerprint density at radius 1 is 1.11 bits per heavy atom. The summed E-state index contributed by atoms with van der Waals surface area (Å²) < 4.78 is 5.46. The molecule has 1 heterocycles. The Kier molecular flexibility index (Phi) is 7.10. The second-order valence-electron chi connectivity index (χ2n) is 7.88. The van der Waals surface area contributed by atoms with E-state index in [9.17, 15) is 4.79 Å². The molecule has 1 fully saturated rings. The van der Waals surface area contributed by atoms with Crippen molar-refractivity contribution in [3.05, 3.63) is 54.1 Å². The molecule has 0 saturated carbocycles. The van der Waals surface area contributed by atoms with Crippen LogP contribution < -0.4 is 15.4 Å². The van der Waals surface area contributed by atoms with Crippen LogP contribution >= 0.6 is 0 Å². The number of rotatable bonds is 7. The van der Waals surface area contributed by atoms with Crippen LogP contribution in [0.25, 0.3) is 11.1 Å². The largest absolute Gasteiger partial charge is 0.496 e. The van der Waals surface area contributed by atoms with Gasteiger partial charge in [0.15, 0.2) is 0 Å². The smallest absolute Gasteiger partial charge is 0.220 e. The van der Waals surface area contributed by atoms with Crippen LogP contribution in [-0.2, 0) is 4.79 Å². The number of carbonyl (C=O) groups excluding carboxylic acids is 1. The molecule has 2 N–H and O–H groups in total. The molecule has 2 unspecified atom stereocenters. The van der Waals surface area contributed by atoms with Crippen LogP contribution in [-0.4, -0.2) is 26.1 Å². The van der Waals surface area contributed by atoms with E-state index in [0.29, 0.717) is 18.3 Å². The number of hydrogen-bond acceptors (Lipinski definition) is 3. The summed E-state index contributed by atoms with van der Waals surface area (Å²) in [6, 6.07) is 16.4. The monoisotopic (exact) mass is 380 g/mol. The van der Waals surface area contributed by atoms with Gasteiger partial charge in [-0.25, -0.2) is 0 Å². The average molecular weight is 381 g/mol. The maximum Gasteiger partial charge on any atom is 0.220 e. The van der Waals surface area contributed by atoms with E-state index in [1.807, 2.05) is 25.1 Å². The van der Waals surface area contributed by atoms with E-state index >= 15 is 0 Å². The van der Waals surface area contributed by atoms with Crippen LogP contribution in [0.2, 0.25) is 0 Å². The maximum atomic E-state index is 12.5. The fourth-order valence-corrected chi connectivity index (χ4v) is 4.09. The van der Waals surface area contributed by atoms with Crippen LogP contribution in [0.1, 0.15) is 44.7 Å². The number of para-hydroxylation sites is 1. The number of carbonyl (C=O) groups is 1. The predicted octanol–water partition coefficient (Wildman–Crippen LogP) is 4.57. The van der Waals surface area contributed by atoms with Crippen molar-refractivity contribution in [1.29, 1.82) is 0 Å². The summed E-state index contributed by atoms with van der Waals surface area (Å²) in [5, 5.41) is 6.56. The van der Waals surface area contributed by atoms with E-state index in [2.05, 4.69) is 47.9 Å². The third kappa shape index (κ3) is 5.14. The summed E-state index contributed by atoms with van der Waals surface area (Å²) >= 11 is 0. The SMILES string of the molecule is COc1ccccc1-c1ccc(C(C)NC(=O)CC(C)C2CCNCC2)cc1. The second kappa shape index (κ2) is 9.74. The lowest BCUT2D eigenvalue weighted by molar-refractivity contribution is -0.123. The standard InChI is InChI=1S/C24H32N2O2/c1-17(19-12-14-25-15-13-19)16-24(27)26-18(2)20-8-10-21(11-9-20)22-6-4-5-7-23(22)28-3/h4-11,17-19,25H,12-16H2,1-3H3,(H,26,27). The van der Waals surface area contributed by atoms with E-state index in [1.165, 1.54) is 12.8 Å². The number of benzene rings is 2. The Morgan fingerprint density at radius 3 is 2.46 bits per heavy atom. The Labute approximate surface area is 168 Å². The summed E-state index contributed by atoms with van der Waals surface area (Å²) in [5.74, 6) is 2.10. The van der Waals surface area contributed by atoms with Crippen LogP contribution in [0, 0.1) is 11.8 Å². The minimum absolute atomic E-state index is 0.000517. The van der Waals surface area contributed by atoms with Gasteiger partial charge in [0.2, 0.25) is 5.91 Å². The van der Waals surface area contributed by atoms with Crippen LogP contribution in [0.5, 0.6) is 5.75 Å². The molecule has 0 spiro atoms. The molecule has 2 aromatic rings. The fraction of sp³-hybridized carbons (Fsp3) is 0.458. The molecule has 4 nitrogen and oxygen atoms in total. The molecule has 0 radical (unpaired) electrons. The van der Waals surface area contributed by atoms with Crippen molar-refractivity contribution in [2.75, 3.05) is 20.2 Å². The van der Waals surface area contributed by atoms with Crippen molar-refractivity contribution in [3.8, 4) is 16.9 Å². The molecule has 1 aliphatic rings. The average Bonchev–Trinajstić information content (AvgIpc) is 2.74. The van der Waals surface area contributed by atoms with Gasteiger partial charge in [0.25, 0.3) is 0 Å². The van der Waals surface area contributed by atoms with Gasteiger partial charge in [-0.05, 0) is 61.9 Å². The van der Waals surface area contributed by atoms with E-state index < -0.39 is 0 Å². The van der Waals surface area contributed by atoms with E-state index in [4.69, 9.17) is 4.74 Å². The Balaban J connectivity index is 1.58. The zero-order chi connectivity index (χ0) is 19.9. The van der Waals surface area contributed by atoms with E-state index in [-0.39, 0.29) is 11.9 Å². The van der Waals surface area contributed by atoms with Gasteiger partial charge in [-0.2, -0.15) is 0 Å².